The van der Waals surface area contributed by atoms with Gasteiger partial charge in [0.1, 0.15) is 0 Å². The molecule has 3 nitrogen and oxygen atoms in total. The summed E-state index contributed by atoms with van der Waals surface area (Å²) in [4.78, 5) is 5.93. The van der Waals surface area contributed by atoms with Crippen molar-refractivity contribution in [1.82, 2.24) is 10.3 Å². The first-order valence-corrected chi connectivity index (χ1v) is 6.14. The summed E-state index contributed by atoms with van der Waals surface area (Å²) in [5, 5.41) is 4.35. The lowest BCUT2D eigenvalue weighted by Crippen LogP contribution is -2.42. The monoisotopic (exact) mass is 209 g/mol. The third kappa shape index (κ3) is 1.25. The number of rotatable bonds is 0. The number of anilines is 1. The zero-order valence-electron chi connectivity index (χ0n) is 8.12. The Morgan fingerprint density at radius 3 is 3.29 bits per heavy atom. The Hall–Kier alpha value is -0.610. The summed E-state index contributed by atoms with van der Waals surface area (Å²) >= 11 is 1.68. The number of thiazole rings is 1. The van der Waals surface area contributed by atoms with Crippen LogP contribution in [-0.2, 0) is 6.42 Å². The van der Waals surface area contributed by atoms with Gasteiger partial charge < -0.3 is 11.1 Å². The predicted molar refractivity (Wildman–Crippen MR) is 58.6 cm³/mol. The van der Waals surface area contributed by atoms with E-state index in [4.69, 9.17) is 5.73 Å². The minimum absolute atomic E-state index is 0.640. The van der Waals surface area contributed by atoms with Crippen molar-refractivity contribution in [2.75, 3.05) is 12.3 Å². The minimum Gasteiger partial charge on any atom is -0.375 e. The van der Waals surface area contributed by atoms with Crippen LogP contribution in [0.4, 0.5) is 5.13 Å². The fourth-order valence-electron chi connectivity index (χ4n) is 2.72. The van der Waals surface area contributed by atoms with E-state index in [1.54, 1.807) is 11.3 Å². The highest BCUT2D eigenvalue weighted by molar-refractivity contribution is 7.15. The summed E-state index contributed by atoms with van der Waals surface area (Å²) in [5.41, 5.74) is 7.07. The summed E-state index contributed by atoms with van der Waals surface area (Å²) in [6.45, 7) is 1.18. The molecule has 4 heteroatoms. The van der Waals surface area contributed by atoms with E-state index in [0.717, 1.165) is 5.13 Å². The van der Waals surface area contributed by atoms with Crippen LogP contribution in [0.1, 0.15) is 35.8 Å². The Bertz CT molecular complexity index is 347. The van der Waals surface area contributed by atoms with Crippen LogP contribution >= 0.6 is 11.3 Å². The summed E-state index contributed by atoms with van der Waals surface area (Å²) in [6.07, 6.45) is 4.99. The van der Waals surface area contributed by atoms with Crippen LogP contribution in [0.25, 0.3) is 0 Å². The molecule has 0 bridgehead atoms. The van der Waals surface area contributed by atoms with Gasteiger partial charge in [-0.15, -0.1) is 11.3 Å². The lowest BCUT2D eigenvalue weighted by molar-refractivity contribution is 0.316. The van der Waals surface area contributed by atoms with Gasteiger partial charge in [0.2, 0.25) is 0 Å². The average molecular weight is 209 g/mol. The number of aryl methyl sites for hydroxylation is 1. The van der Waals surface area contributed by atoms with E-state index in [1.807, 2.05) is 0 Å². The van der Waals surface area contributed by atoms with E-state index >= 15 is 0 Å². The zero-order chi connectivity index (χ0) is 9.54. The molecule has 0 spiro atoms. The van der Waals surface area contributed by atoms with Crippen LogP contribution in [-0.4, -0.2) is 17.6 Å². The van der Waals surface area contributed by atoms with Gasteiger partial charge in [-0.25, -0.2) is 4.98 Å². The SMILES string of the molecule is Nc1nc2c(s1)CCC1NCCCC21. The number of nitrogens with one attached hydrogen (secondary N) is 1. The molecule has 76 valence electrons. The Kier molecular flexibility index (Phi) is 1.99. The summed E-state index contributed by atoms with van der Waals surface area (Å²) < 4.78 is 0. The fraction of sp³-hybridized carbons (Fsp3) is 0.700. The number of nitrogens with two attached hydrogens (primary N) is 1. The van der Waals surface area contributed by atoms with Crippen molar-refractivity contribution >= 4 is 16.5 Å². The predicted octanol–water partition coefficient (Wildman–Crippen LogP) is 1.51. The summed E-state index contributed by atoms with van der Waals surface area (Å²) in [7, 11) is 0. The van der Waals surface area contributed by atoms with Gasteiger partial charge in [0.25, 0.3) is 0 Å². The highest BCUT2D eigenvalue weighted by atomic mass is 32.1. The lowest BCUT2D eigenvalue weighted by atomic mass is 9.81. The maximum Gasteiger partial charge on any atom is 0.180 e. The highest BCUT2D eigenvalue weighted by Crippen LogP contribution is 2.39. The van der Waals surface area contributed by atoms with E-state index in [2.05, 4.69) is 10.3 Å². The topological polar surface area (TPSA) is 50.9 Å². The Morgan fingerprint density at radius 1 is 1.43 bits per heavy atom. The van der Waals surface area contributed by atoms with Crippen molar-refractivity contribution in [3.05, 3.63) is 10.6 Å². The number of hydrogen-bond donors (Lipinski definition) is 2. The molecule has 2 aliphatic rings. The standard InChI is InChI=1S/C10H15N3S/c11-10-13-9-6-2-1-5-12-7(6)3-4-8(9)14-10/h6-7,12H,1-5H2,(H2,11,13). The largest absolute Gasteiger partial charge is 0.375 e. The molecule has 0 radical (unpaired) electrons. The van der Waals surface area contributed by atoms with Gasteiger partial charge in [-0.1, -0.05) is 0 Å². The summed E-state index contributed by atoms with van der Waals surface area (Å²) in [6, 6.07) is 0.665. The van der Waals surface area contributed by atoms with Gasteiger partial charge in [0.05, 0.1) is 5.69 Å². The van der Waals surface area contributed by atoms with Crippen molar-refractivity contribution in [1.29, 1.82) is 0 Å². The van der Waals surface area contributed by atoms with Crippen molar-refractivity contribution in [2.24, 2.45) is 0 Å². The average Bonchev–Trinajstić information content (AvgIpc) is 2.59. The Balaban J connectivity index is 1.98. The molecule has 0 aromatic carbocycles. The molecule has 1 saturated heterocycles. The summed E-state index contributed by atoms with van der Waals surface area (Å²) in [5.74, 6) is 0.640. The molecule has 3 N–H and O–H groups in total. The first-order valence-electron chi connectivity index (χ1n) is 5.33. The molecule has 0 amide bonds. The molecular weight excluding hydrogens is 194 g/mol. The lowest BCUT2D eigenvalue weighted by Gasteiger charge is -2.35. The second-order valence-electron chi connectivity index (χ2n) is 4.21. The Morgan fingerprint density at radius 2 is 2.36 bits per heavy atom. The molecule has 1 aliphatic carbocycles. The number of nitrogens with zero attached hydrogens (tertiary/aromatic N) is 1. The van der Waals surface area contributed by atoms with Crippen LogP contribution in [0.5, 0.6) is 0 Å². The van der Waals surface area contributed by atoms with Gasteiger partial charge in [0.15, 0.2) is 5.13 Å². The number of hydrogen-bond acceptors (Lipinski definition) is 4. The molecule has 2 heterocycles. The van der Waals surface area contributed by atoms with Crippen LogP contribution in [0, 0.1) is 0 Å². The number of fused-ring (bicyclic) bond motifs is 3. The van der Waals surface area contributed by atoms with Crippen LogP contribution < -0.4 is 11.1 Å². The molecular formula is C10H15N3S. The first kappa shape index (κ1) is 8.68. The minimum atomic E-state index is 0.640. The van der Waals surface area contributed by atoms with Crippen molar-refractivity contribution in [3.8, 4) is 0 Å². The number of piperidine rings is 1. The zero-order valence-corrected chi connectivity index (χ0v) is 8.94. The molecule has 0 saturated carbocycles. The molecule has 1 fully saturated rings. The third-order valence-electron chi connectivity index (χ3n) is 3.36. The van der Waals surface area contributed by atoms with Crippen molar-refractivity contribution in [3.63, 3.8) is 0 Å². The second kappa shape index (κ2) is 3.21. The molecule has 1 aromatic rings. The van der Waals surface area contributed by atoms with Crippen molar-refractivity contribution < 1.29 is 0 Å². The van der Waals surface area contributed by atoms with E-state index in [-0.39, 0.29) is 0 Å². The third-order valence-corrected chi connectivity index (χ3v) is 4.32. The number of aromatic nitrogens is 1. The molecule has 1 aromatic heterocycles. The maximum absolute atomic E-state index is 5.77. The molecule has 1 aliphatic heterocycles. The van der Waals surface area contributed by atoms with Gasteiger partial charge >= 0.3 is 0 Å². The highest BCUT2D eigenvalue weighted by Gasteiger charge is 2.33. The van der Waals surface area contributed by atoms with Gasteiger partial charge in [-0.3, -0.25) is 0 Å². The van der Waals surface area contributed by atoms with Crippen LogP contribution in [0.15, 0.2) is 0 Å². The maximum atomic E-state index is 5.77. The Labute approximate surface area is 87.7 Å². The van der Waals surface area contributed by atoms with Gasteiger partial charge in [-0.05, 0) is 32.2 Å². The molecule has 2 atom stereocenters. The van der Waals surface area contributed by atoms with Gasteiger partial charge in [-0.2, -0.15) is 0 Å². The molecule has 3 rings (SSSR count). The van der Waals surface area contributed by atoms with Gasteiger partial charge in [0, 0.05) is 16.8 Å². The van der Waals surface area contributed by atoms with E-state index in [0.29, 0.717) is 12.0 Å². The number of nitrogen functional groups attached to an aromatic ring is 1. The van der Waals surface area contributed by atoms with Crippen molar-refractivity contribution in [2.45, 2.75) is 37.6 Å². The fourth-order valence-corrected chi connectivity index (χ4v) is 3.64. The first-order chi connectivity index (χ1) is 6.84. The second-order valence-corrected chi connectivity index (χ2v) is 5.32. The quantitative estimate of drug-likeness (QED) is 0.681. The van der Waals surface area contributed by atoms with E-state index < -0.39 is 0 Å². The van der Waals surface area contributed by atoms with E-state index in [9.17, 15) is 0 Å². The van der Waals surface area contributed by atoms with E-state index in [1.165, 1.54) is 42.8 Å². The normalized spacial score (nSPS) is 30.9. The van der Waals surface area contributed by atoms with Crippen LogP contribution in [0.3, 0.4) is 0 Å². The molecule has 14 heavy (non-hydrogen) atoms. The molecule has 2 unspecified atom stereocenters. The smallest absolute Gasteiger partial charge is 0.180 e. The van der Waals surface area contributed by atoms with Crippen LogP contribution in [0.2, 0.25) is 0 Å².